The number of anilines is 1. The van der Waals surface area contributed by atoms with Gasteiger partial charge < -0.3 is 20.1 Å². The Hall–Kier alpha value is -2.02. The highest BCUT2D eigenvalue weighted by atomic mass is 32.1. The molecule has 1 saturated heterocycles. The molecule has 0 unspecified atom stereocenters. The quantitative estimate of drug-likeness (QED) is 0.647. The highest BCUT2D eigenvalue weighted by molar-refractivity contribution is 7.14. The van der Waals surface area contributed by atoms with E-state index >= 15 is 0 Å². The normalized spacial score (nSPS) is 16.6. The van der Waals surface area contributed by atoms with E-state index in [1.54, 1.807) is 6.20 Å². The van der Waals surface area contributed by atoms with Gasteiger partial charge in [0.1, 0.15) is 0 Å². The summed E-state index contributed by atoms with van der Waals surface area (Å²) in [7, 11) is 1.83. The third-order valence-electron chi connectivity index (χ3n) is 4.10. The summed E-state index contributed by atoms with van der Waals surface area (Å²) in [5.41, 5.74) is 0. The molecule has 7 heteroatoms. The maximum atomic E-state index is 4.33. The van der Waals surface area contributed by atoms with Crippen molar-refractivity contribution in [2.24, 2.45) is 4.99 Å². The molecule has 124 valence electrons. The maximum absolute atomic E-state index is 4.33. The van der Waals surface area contributed by atoms with Crippen LogP contribution in [0.2, 0.25) is 0 Å². The minimum atomic E-state index is 0.491. The zero-order valence-electron chi connectivity index (χ0n) is 13.5. The van der Waals surface area contributed by atoms with Crippen molar-refractivity contribution in [1.29, 1.82) is 0 Å². The number of nitrogens with zero attached hydrogens (tertiary/aromatic N) is 4. The molecule has 2 aromatic heterocycles. The second kappa shape index (κ2) is 8.01. The maximum Gasteiger partial charge on any atom is 0.191 e. The molecule has 0 saturated carbocycles. The third kappa shape index (κ3) is 4.48. The first-order valence-corrected chi connectivity index (χ1v) is 8.94. The number of piperidine rings is 1. The second-order valence-electron chi connectivity index (χ2n) is 5.66. The van der Waals surface area contributed by atoms with Crippen LogP contribution in [0.3, 0.4) is 0 Å². The molecular weight excluding hydrogens is 308 g/mol. The predicted molar refractivity (Wildman–Crippen MR) is 96.3 cm³/mol. The lowest BCUT2D eigenvalue weighted by molar-refractivity contribution is 0.462. The number of rotatable bonds is 5. The first kappa shape index (κ1) is 15.9. The molecule has 0 aromatic carbocycles. The van der Waals surface area contributed by atoms with Crippen LogP contribution in [0.1, 0.15) is 12.8 Å². The Kier molecular flexibility index (Phi) is 5.52. The van der Waals surface area contributed by atoms with Gasteiger partial charge >= 0.3 is 0 Å². The van der Waals surface area contributed by atoms with Crippen LogP contribution < -0.4 is 15.5 Å². The lowest BCUT2D eigenvalue weighted by Gasteiger charge is -2.33. The van der Waals surface area contributed by atoms with Crippen LogP contribution in [0.25, 0.3) is 0 Å². The van der Waals surface area contributed by atoms with Crippen LogP contribution in [0.4, 0.5) is 5.00 Å². The molecule has 2 N–H and O–H groups in total. The van der Waals surface area contributed by atoms with E-state index in [0.29, 0.717) is 6.04 Å². The second-order valence-corrected chi connectivity index (χ2v) is 6.58. The Morgan fingerprint density at radius 3 is 2.96 bits per heavy atom. The molecular formula is C16H24N6S. The van der Waals surface area contributed by atoms with Gasteiger partial charge in [-0.1, -0.05) is 0 Å². The van der Waals surface area contributed by atoms with Crippen LogP contribution in [0, 0.1) is 0 Å². The summed E-state index contributed by atoms with van der Waals surface area (Å²) in [4.78, 5) is 10.8. The van der Waals surface area contributed by atoms with Gasteiger partial charge in [0.15, 0.2) is 5.96 Å². The monoisotopic (exact) mass is 332 g/mol. The number of aromatic nitrogens is 2. The highest BCUT2D eigenvalue weighted by Crippen LogP contribution is 2.24. The lowest BCUT2D eigenvalue weighted by Crippen LogP contribution is -2.49. The van der Waals surface area contributed by atoms with E-state index < -0.39 is 0 Å². The van der Waals surface area contributed by atoms with E-state index in [1.807, 2.05) is 30.9 Å². The predicted octanol–water partition coefficient (Wildman–Crippen LogP) is 1.78. The average molecular weight is 332 g/mol. The van der Waals surface area contributed by atoms with Crippen molar-refractivity contribution in [2.75, 3.05) is 31.6 Å². The smallest absolute Gasteiger partial charge is 0.191 e. The van der Waals surface area contributed by atoms with E-state index in [2.05, 4.69) is 47.6 Å². The molecule has 3 rings (SSSR count). The van der Waals surface area contributed by atoms with E-state index in [9.17, 15) is 0 Å². The van der Waals surface area contributed by atoms with Crippen molar-refractivity contribution in [3.05, 3.63) is 36.2 Å². The Labute approximate surface area is 141 Å². The fourth-order valence-corrected chi connectivity index (χ4v) is 3.59. The summed E-state index contributed by atoms with van der Waals surface area (Å²) in [6, 6.07) is 4.82. The first-order chi connectivity index (χ1) is 11.3. The largest absolute Gasteiger partial charge is 0.363 e. The highest BCUT2D eigenvalue weighted by Gasteiger charge is 2.20. The van der Waals surface area contributed by atoms with E-state index in [-0.39, 0.29) is 0 Å². The lowest BCUT2D eigenvalue weighted by atomic mass is 10.1. The van der Waals surface area contributed by atoms with E-state index in [0.717, 1.165) is 45.0 Å². The van der Waals surface area contributed by atoms with Crippen LogP contribution >= 0.6 is 11.3 Å². The number of nitrogens with one attached hydrogen (secondary N) is 2. The van der Waals surface area contributed by atoms with Gasteiger partial charge in [0.2, 0.25) is 0 Å². The molecule has 2 aromatic rings. The number of hydrogen-bond donors (Lipinski definition) is 2. The molecule has 0 atom stereocenters. The number of hydrogen-bond acceptors (Lipinski definition) is 4. The molecule has 0 amide bonds. The van der Waals surface area contributed by atoms with Gasteiger partial charge in [-0.2, -0.15) is 0 Å². The number of imidazole rings is 1. The van der Waals surface area contributed by atoms with Gasteiger partial charge in [0.05, 0.1) is 11.3 Å². The van der Waals surface area contributed by atoms with Gasteiger partial charge in [-0.05, 0) is 30.4 Å². The topological polar surface area (TPSA) is 57.5 Å². The number of thiophene rings is 1. The van der Waals surface area contributed by atoms with Crippen LogP contribution in [-0.2, 0) is 6.54 Å². The first-order valence-electron chi connectivity index (χ1n) is 8.06. The van der Waals surface area contributed by atoms with Gasteiger partial charge in [0, 0.05) is 51.7 Å². The molecule has 0 radical (unpaired) electrons. The van der Waals surface area contributed by atoms with Crippen molar-refractivity contribution < 1.29 is 0 Å². The zero-order chi connectivity index (χ0) is 15.9. The fraction of sp³-hybridized carbons (Fsp3) is 0.500. The van der Waals surface area contributed by atoms with Crippen LogP contribution in [-0.4, -0.2) is 48.2 Å². The van der Waals surface area contributed by atoms with E-state index in [4.69, 9.17) is 0 Å². The van der Waals surface area contributed by atoms with Gasteiger partial charge in [-0.3, -0.25) is 4.99 Å². The summed E-state index contributed by atoms with van der Waals surface area (Å²) in [6.45, 7) is 3.93. The molecule has 6 nitrogen and oxygen atoms in total. The molecule has 3 heterocycles. The Morgan fingerprint density at radius 2 is 2.30 bits per heavy atom. The SMILES string of the molecule is CN=C(NCCn1ccnc1)NC1CCN(c2cccs2)CC1. The summed E-state index contributed by atoms with van der Waals surface area (Å²) in [6.07, 6.45) is 7.88. The Morgan fingerprint density at radius 1 is 1.43 bits per heavy atom. The summed E-state index contributed by atoms with van der Waals surface area (Å²) in [5.74, 6) is 0.889. The molecule has 0 bridgehead atoms. The minimum Gasteiger partial charge on any atom is -0.363 e. The van der Waals surface area contributed by atoms with Crippen molar-refractivity contribution in [1.82, 2.24) is 20.2 Å². The molecule has 1 aliphatic rings. The van der Waals surface area contributed by atoms with Gasteiger partial charge in [-0.15, -0.1) is 11.3 Å². The van der Waals surface area contributed by atoms with Crippen molar-refractivity contribution in [3.63, 3.8) is 0 Å². The fourth-order valence-electron chi connectivity index (χ4n) is 2.80. The number of guanidine groups is 1. The molecule has 1 fully saturated rings. The zero-order valence-corrected chi connectivity index (χ0v) is 14.3. The molecule has 23 heavy (non-hydrogen) atoms. The van der Waals surface area contributed by atoms with Crippen molar-refractivity contribution in [2.45, 2.75) is 25.4 Å². The minimum absolute atomic E-state index is 0.491. The molecule has 0 aliphatic carbocycles. The van der Waals surface area contributed by atoms with E-state index in [1.165, 1.54) is 5.00 Å². The molecule has 1 aliphatic heterocycles. The van der Waals surface area contributed by atoms with Crippen molar-refractivity contribution >= 4 is 22.3 Å². The average Bonchev–Trinajstić information content (AvgIpc) is 3.28. The standard InChI is InChI=1S/C16H24N6S/c1-17-16(19-7-11-21-10-6-18-13-21)20-14-4-8-22(9-5-14)15-3-2-12-23-15/h2-3,6,10,12-14H,4-5,7-9,11H2,1H3,(H2,17,19,20). The Balaban J connectivity index is 1.39. The van der Waals surface area contributed by atoms with Crippen molar-refractivity contribution in [3.8, 4) is 0 Å². The summed E-state index contributed by atoms with van der Waals surface area (Å²) < 4.78 is 2.06. The van der Waals surface area contributed by atoms with Crippen LogP contribution in [0.15, 0.2) is 41.2 Å². The summed E-state index contributed by atoms with van der Waals surface area (Å²) >= 11 is 1.82. The van der Waals surface area contributed by atoms with Gasteiger partial charge in [0.25, 0.3) is 0 Å². The third-order valence-corrected chi connectivity index (χ3v) is 5.03. The molecule has 0 spiro atoms. The summed E-state index contributed by atoms with van der Waals surface area (Å²) in [5, 5.41) is 10.4. The number of aliphatic imine (C=N–C) groups is 1. The Bertz CT molecular complexity index is 584. The van der Waals surface area contributed by atoms with Gasteiger partial charge in [-0.25, -0.2) is 4.98 Å². The van der Waals surface area contributed by atoms with Crippen LogP contribution in [0.5, 0.6) is 0 Å².